The topological polar surface area (TPSA) is 49.6 Å². The highest BCUT2D eigenvalue weighted by molar-refractivity contribution is 7.26. The number of hydrogen-bond donors (Lipinski definition) is 0. The number of benzene rings is 5. The fourth-order valence-electron chi connectivity index (χ4n) is 5.65. The quantitative estimate of drug-likeness (QED) is 0.210. The molecule has 3 heterocycles. The third-order valence-corrected chi connectivity index (χ3v) is 8.84. The van der Waals surface area contributed by atoms with Crippen molar-refractivity contribution in [1.29, 1.82) is 5.26 Å². The zero-order chi connectivity index (χ0) is 27.3. The van der Waals surface area contributed by atoms with E-state index in [-0.39, 0.29) is 0 Å². The summed E-state index contributed by atoms with van der Waals surface area (Å²) in [5, 5.41) is 13.9. The number of thiophene rings is 1. The van der Waals surface area contributed by atoms with Crippen molar-refractivity contribution in [3.63, 3.8) is 0 Å². The van der Waals surface area contributed by atoms with Gasteiger partial charge in [-0.3, -0.25) is 0 Å². The van der Waals surface area contributed by atoms with E-state index in [1.807, 2.05) is 42.5 Å². The Morgan fingerprint density at radius 2 is 1.20 bits per heavy atom. The zero-order valence-electron chi connectivity index (χ0n) is 21.9. The van der Waals surface area contributed by atoms with Crippen molar-refractivity contribution in [3.05, 3.63) is 133 Å². The number of aromatic nitrogens is 2. The lowest BCUT2D eigenvalue weighted by Gasteiger charge is -2.09. The average molecular weight is 540 g/mol. The standard InChI is InChI=1S/C37H21N3S/c38-22-23-9-11-24(12-10-23)29-7-4-8-34-35(29)30-21-28(17-20-33(30)41-34)32-19-16-27-14-13-26-15-18-31(25-5-2-1-3-6-25)39-36(26)37(27)40-32/h1-21H. The molecular formula is C37H21N3S. The van der Waals surface area contributed by atoms with Crippen molar-refractivity contribution < 1.29 is 0 Å². The molecule has 0 amide bonds. The number of pyridine rings is 2. The van der Waals surface area contributed by atoms with Crippen LogP contribution in [0, 0.1) is 11.3 Å². The number of fused-ring (bicyclic) bond motifs is 6. The summed E-state index contributed by atoms with van der Waals surface area (Å²) in [5.74, 6) is 0. The molecule has 0 spiro atoms. The maximum absolute atomic E-state index is 9.25. The van der Waals surface area contributed by atoms with E-state index in [2.05, 4.69) is 91.0 Å². The van der Waals surface area contributed by atoms with Gasteiger partial charge in [-0.05, 0) is 53.6 Å². The Kier molecular flexibility index (Phi) is 5.38. The molecule has 0 radical (unpaired) electrons. The van der Waals surface area contributed by atoms with Gasteiger partial charge in [0.2, 0.25) is 0 Å². The first kappa shape index (κ1) is 23.5. The van der Waals surface area contributed by atoms with Crippen LogP contribution in [0.1, 0.15) is 5.56 Å². The van der Waals surface area contributed by atoms with Crippen LogP contribution in [-0.2, 0) is 0 Å². The summed E-state index contributed by atoms with van der Waals surface area (Å²) in [6.07, 6.45) is 0. The van der Waals surface area contributed by atoms with Crippen LogP contribution in [0.15, 0.2) is 127 Å². The molecule has 0 N–H and O–H groups in total. The van der Waals surface area contributed by atoms with Gasteiger partial charge in [-0.25, -0.2) is 9.97 Å². The highest BCUT2D eigenvalue weighted by atomic mass is 32.1. The molecule has 8 rings (SSSR count). The molecule has 0 aliphatic rings. The first-order chi connectivity index (χ1) is 20.2. The smallest absolute Gasteiger partial charge is 0.0991 e. The monoisotopic (exact) mass is 539 g/mol. The lowest BCUT2D eigenvalue weighted by Crippen LogP contribution is -1.91. The molecule has 0 fully saturated rings. The van der Waals surface area contributed by atoms with Gasteiger partial charge in [-0.1, -0.05) is 84.9 Å². The lowest BCUT2D eigenvalue weighted by molar-refractivity contribution is 1.37. The minimum Gasteiger partial charge on any atom is -0.245 e. The maximum Gasteiger partial charge on any atom is 0.0991 e. The number of nitrogens with zero attached hydrogens (tertiary/aromatic N) is 3. The Morgan fingerprint density at radius 1 is 0.537 bits per heavy atom. The molecule has 190 valence electrons. The van der Waals surface area contributed by atoms with Crippen LogP contribution in [0.25, 0.3) is 75.6 Å². The average Bonchev–Trinajstić information content (AvgIpc) is 3.43. The fraction of sp³-hybridized carbons (Fsp3) is 0. The van der Waals surface area contributed by atoms with Crippen LogP contribution >= 0.6 is 11.3 Å². The van der Waals surface area contributed by atoms with Gasteiger partial charge in [-0.15, -0.1) is 11.3 Å². The summed E-state index contributed by atoms with van der Waals surface area (Å²) in [4.78, 5) is 10.3. The molecule has 41 heavy (non-hydrogen) atoms. The summed E-state index contributed by atoms with van der Waals surface area (Å²) in [6, 6.07) is 46.1. The van der Waals surface area contributed by atoms with Crippen LogP contribution in [0.4, 0.5) is 0 Å². The lowest BCUT2D eigenvalue weighted by atomic mass is 9.97. The van der Waals surface area contributed by atoms with E-state index in [4.69, 9.17) is 9.97 Å². The second kappa shape index (κ2) is 9.38. The predicted molar refractivity (Wildman–Crippen MR) is 171 cm³/mol. The summed E-state index contributed by atoms with van der Waals surface area (Å²) >= 11 is 1.80. The SMILES string of the molecule is N#Cc1ccc(-c2cccc3sc4ccc(-c5ccc6ccc7ccc(-c8ccccc8)nc7c6n5)cc4c23)cc1. The van der Waals surface area contributed by atoms with Gasteiger partial charge >= 0.3 is 0 Å². The van der Waals surface area contributed by atoms with Crippen LogP contribution in [0.3, 0.4) is 0 Å². The second-order valence-corrected chi connectivity index (χ2v) is 11.2. The predicted octanol–water partition coefficient (Wildman–Crippen LogP) is 10.0. The molecule has 3 nitrogen and oxygen atoms in total. The molecule has 0 aliphatic heterocycles. The number of rotatable bonds is 3. The summed E-state index contributed by atoms with van der Waals surface area (Å²) in [6.45, 7) is 0. The van der Waals surface area contributed by atoms with Gasteiger partial charge in [0.1, 0.15) is 0 Å². The van der Waals surface area contributed by atoms with Gasteiger partial charge in [-0.2, -0.15) is 5.26 Å². The fourth-order valence-corrected chi connectivity index (χ4v) is 6.76. The van der Waals surface area contributed by atoms with Crippen molar-refractivity contribution in [3.8, 4) is 39.7 Å². The summed E-state index contributed by atoms with van der Waals surface area (Å²) in [7, 11) is 0. The molecule has 0 saturated carbocycles. The Labute approximate surface area is 240 Å². The molecule has 3 aromatic heterocycles. The minimum atomic E-state index is 0.665. The molecule has 0 aliphatic carbocycles. The van der Waals surface area contributed by atoms with E-state index in [0.717, 1.165) is 49.9 Å². The van der Waals surface area contributed by atoms with Crippen LogP contribution < -0.4 is 0 Å². The third-order valence-electron chi connectivity index (χ3n) is 7.71. The van der Waals surface area contributed by atoms with Crippen LogP contribution in [0.2, 0.25) is 0 Å². The highest BCUT2D eigenvalue weighted by Crippen LogP contribution is 2.41. The van der Waals surface area contributed by atoms with E-state index in [1.54, 1.807) is 11.3 Å². The molecule has 4 heteroatoms. The second-order valence-electron chi connectivity index (χ2n) is 10.1. The van der Waals surface area contributed by atoms with Gasteiger partial charge in [0.25, 0.3) is 0 Å². The molecule has 0 bridgehead atoms. The third kappa shape index (κ3) is 3.95. The Balaban J connectivity index is 1.31. The summed E-state index contributed by atoms with van der Waals surface area (Å²) in [5.41, 5.74) is 8.80. The van der Waals surface area contributed by atoms with Crippen molar-refractivity contribution >= 4 is 53.3 Å². The molecule has 0 unspecified atom stereocenters. The van der Waals surface area contributed by atoms with Gasteiger partial charge < -0.3 is 0 Å². The van der Waals surface area contributed by atoms with E-state index in [0.29, 0.717) is 5.56 Å². The van der Waals surface area contributed by atoms with E-state index < -0.39 is 0 Å². The molecule has 8 aromatic rings. The van der Waals surface area contributed by atoms with Crippen molar-refractivity contribution in [2.75, 3.05) is 0 Å². The highest BCUT2D eigenvalue weighted by Gasteiger charge is 2.14. The zero-order valence-corrected chi connectivity index (χ0v) is 22.7. The maximum atomic E-state index is 9.25. The Hall–Kier alpha value is -5.37. The number of hydrogen-bond acceptors (Lipinski definition) is 4. The molecular weight excluding hydrogens is 518 g/mol. The minimum absolute atomic E-state index is 0.665. The first-order valence-corrected chi connectivity index (χ1v) is 14.3. The van der Waals surface area contributed by atoms with Crippen LogP contribution in [0.5, 0.6) is 0 Å². The van der Waals surface area contributed by atoms with Crippen molar-refractivity contribution in [2.24, 2.45) is 0 Å². The summed E-state index contributed by atoms with van der Waals surface area (Å²) < 4.78 is 2.49. The normalized spacial score (nSPS) is 11.4. The number of nitriles is 1. The van der Waals surface area contributed by atoms with Crippen molar-refractivity contribution in [1.82, 2.24) is 9.97 Å². The molecule has 0 saturated heterocycles. The van der Waals surface area contributed by atoms with Gasteiger partial charge in [0, 0.05) is 42.1 Å². The van der Waals surface area contributed by atoms with E-state index in [9.17, 15) is 5.26 Å². The molecule has 5 aromatic carbocycles. The van der Waals surface area contributed by atoms with Gasteiger partial charge in [0.05, 0.1) is 34.1 Å². The van der Waals surface area contributed by atoms with Crippen LogP contribution in [-0.4, -0.2) is 9.97 Å². The molecule has 0 atom stereocenters. The largest absolute Gasteiger partial charge is 0.245 e. The van der Waals surface area contributed by atoms with E-state index in [1.165, 1.54) is 25.7 Å². The Bertz CT molecular complexity index is 2310. The Morgan fingerprint density at radius 3 is 1.90 bits per heavy atom. The first-order valence-electron chi connectivity index (χ1n) is 13.5. The van der Waals surface area contributed by atoms with E-state index >= 15 is 0 Å². The van der Waals surface area contributed by atoms with Crippen molar-refractivity contribution in [2.45, 2.75) is 0 Å². The van der Waals surface area contributed by atoms with Gasteiger partial charge in [0.15, 0.2) is 0 Å².